The lowest BCUT2D eigenvalue weighted by molar-refractivity contribution is 0.238. The molecule has 3 nitrogen and oxygen atoms in total. The molecule has 0 saturated carbocycles. The normalized spacial score (nSPS) is 20.4. The molecule has 0 radical (unpaired) electrons. The van der Waals surface area contributed by atoms with Crippen LogP contribution in [0.5, 0.6) is 5.75 Å². The number of piperazine rings is 1. The maximum Gasteiger partial charge on any atom is 0.120 e. The molecule has 0 amide bonds. The Labute approximate surface area is 166 Å². The third-order valence-electron chi connectivity index (χ3n) is 7.01. The van der Waals surface area contributed by atoms with Crippen LogP contribution in [0.15, 0.2) is 24.3 Å². The van der Waals surface area contributed by atoms with E-state index >= 15 is 0 Å². The molecule has 1 heterocycles. The number of allylic oxidation sites excluding steroid dienone is 2. The van der Waals surface area contributed by atoms with Crippen molar-refractivity contribution in [3.63, 3.8) is 0 Å². The maximum atomic E-state index is 5.56. The van der Waals surface area contributed by atoms with Crippen molar-refractivity contribution in [2.75, 3.05) is 44.7 Å². The van der Waals surface area contributed by atoms with E-state index in [2.05, 4.69) is 54.8 Å². The predicted octanol–water partition coefficient (Wildman–Crippen LogP) is 5.60. The second-order valence-corrected chi connectivity index (χ2v) is 8.35. The molecule has 27 heavy (non-hydrogen) atoms. The SMILES string of the molecule is CCCN1CCN(c2cc(OC)ccc2C2=CCC(CC)(CC)CC2)CC1. The van der Waals surface area contributed by atoms with Crippen molar-refractivity contribution in [3.8, 4) is 5.75 Å². The Morgan fingerprint density at radius 1 is 1.04 bits per heavy atom. The van der Waals surface area contributed by atoms with Gasteiger partial charge in [-0.2, -0.15) is 0 Å². The Kier molecular flexibility index (Phi) is 6.86. The zero-order valence-electron chi connectivity index (χ0n) is 17.9. The van der Waals surface area contributed by atoms with Gasteiger partial charge in [0, 0.05) is 43.5 Å². The van der Waals surface area contributed by atoms with Gasteiger partial charge in [0.05, 0.1) is 7.11 Å². The smallest absolute Gasteiger partial charge is 0.120 e. The van der Waals surface area contributed by atoms with Gasteiger partial charge in [-0.05, 0) is 55.3 Å². The number of anilines is 1. The molecule has 0 atom stereocenters. The van der Waals surface area contributed by atoms with E-state index in [1.165, 1.54) is 56.3 Å². The van der Waals surface area contributed by atoms with E-state index in [0.717, 1.165) is 31.9 Å². The summed E-state index contributed by atoms with van der Waals surface area (Å²) < 4.78 is 5.56. The topological polar surface area (TPSA) is 15.7 Å². The van der Waals surface area contributed by atoms with E-state index in [1.54, 1.807) is 12.7 Å². The number of methoxy groups -OCH3 is 1. The van der Waals surface area contributed by atoms with Crippen molar-refractivity contribution < 1.29 is 4.74 Å². The molecule has 150 valence electrons. The molecular formula is C24H38N2O. The van der Waals surface area contributed by atoms with E-state index in [-0.39, 0.29) is 0 Å². The van der Waals surface area contributed by atoms with Crippen molar-refractivity contribution in [2.45, 2.75) is 59.3 Å². The highest BCUT2D eigenvalue weighted by Crippen LogP contribution is 2.45. The van der Waals surface area contributed by atoms with Gasteiger partial charge in [0.25, 0.3) is 0 Å². The largest absolute Gasteiger partial charge is 0.497 e. The molecule has 1 aliphatic carbocycles. The summed E-state index contributed by atoms with van der Waals surface area (Å²) in [6.45, 7) is 12.8. The third-order valence-corrected chi connectivity index (χ3v) is 7.01. The number of hydrogen-bond donors (Lipinski definition) is 0. The molecule has 1 aromatic rings. The number of rotatable bonds is 7. The fraction of sp³-hybridized carbons (Fsp3) is 0.667. The van der Waals surface area contributed by atoms with E-state index in [0.29, 0.717) is 5.41 Å². The van der Waals surface area contributed by atoms with Gasteiger partial charge in [-0.25, -0.2) is 0 Å². The van der Waals surface area contributed by atoms with Gasteiger partial charge in [-0.1, -0.05) is 39.7 Å². The number of hydrogen-bond acceptors (Lipinski definition) is 3. The Bertz CT molecular complexity index is 640. The fourth-order valence-electron chi connectivity index (χ4n) is 4.78. The molecule has 1 fully saturated rings. The fourth-order valence-corrected chi connectivity index (χ4v) is 4.78. The zero-order valence-corrected chi connectivity index (χ0v) is 17.9. The van der Waals surface area contributed by atoms with E-state index < -0.39 is 0 Å². The Morgan fingerprint density at radius 2 is 1.78 bits per heavy atom. The monoisotopic (exact) mass is 370 g/mol. The molecule has 3 rings (SSSR count). The first-order valence-electron chi connectivity index (χ1n) is 11.0. The molecule has 1 saturated heterocycles. The lowest BCUT2D eigenvalue weighted by Gasteiger charge is -2.38. The second-order valence-electron chi connectivity index (χ2n) is 8.35. The van der Waals surface area contributed by atoms with Crippen molar-refractivity contribution >= 4 is 11.3 Å². The number of benzene rings is 1. The van der Waals surface area contributed by atoms with Gasteiger partial charge in [0.1, 0.15) is 5.75 Å². The minimum atomic E-state index is 0.530. The molecular weight excluding hydrogens is 332 g/mol. The molecule has 1 aromatic carbocycles. The molecule has 3 heteroatoms. The Hall–Kier alpha value is -1.48. The van der Waals surface area contributed by atoms with Crippen LogP contribution in [-0.4, -0.2) is 44.7 Å². The highest BCUT2D eigenvalue weighted by Gasteiger charge is 2.30. The molecule has 0 spiro atoms. The summed E-state index contributed by atoms with van der Waals surface area (Å²) in [5.74, 6) is 0.970. The highest BCUT2D eigenvalue weighted by molar-refractivity contribution is 5.78. The minimum absolute atomic E-state index is 0.530. The lowest BCUT2D eigenvalue weighted by atomic mass is 9.70. The van der Waals surface area contributed by atoms with Gasteiger partial charge in [0.2, 0.25) is 0 Å². The summed E-state index contributed by atoms with van der Waals surface area (Å²) in [6.07, 6.45) is 10.1. The zero-order chi connectivity index (χ0) is 19.3. The molecule has 0 unspecified atom stereocenters. The van der Waals surface area contributed by atoms with Gasteiger partial charge in [-0.3, -0.25) is 4.90 Å². The first-order valence-corrected chi connectivity index (χ1v) is 11.0. The lowest BCUT2D eigenvalue weighted by Crippen LogP contribution is -2.46. The van der Waals surface area contributed by atoms with Crippen LogP contribution in [0, 0.1) is 5.41 Å². The maximum absolute atomic E-state index is 5.56. The average molecular weight is 371 g/mol. The van der Waals surface area contributed by atoms with Crippen LogP contribution in [0.1, 0.15) is 64.9 Å². The summed E-state index contributed by atoms with van der Waals surface area (Å²) in [6, 6.07) is 6.69. The minimum Gasteiger partial charge on any atom is -0.497 e. The first-order chi connectivity index (χ1) is 13.1. The summed E-state index contributed by atoms with van der Waals surface area (Å²) in [5, 5.41) is 0. The summed E-state index contributed by atoms with van der Waals surface area (Å²) >= 11 is 0. The average Bonchev–Trinajstić information content (AvgIpc) is 2.74. The van der Waals surface area contributed by atoms with Gasteiger partial charge >= 0.3 is 0 Å². The Morgan fingerprint density at radius 3 is 2.33 bits per heavy atom. The quantitative estimate of drug-likeness (QED) is 0.621. The Balaban J connectivity index is 1.83. The van der Waals surface area contributed by atoms with Gasteiger partial charge in [0.15, 0.2) is 0 Å². The highest BCUT2D eigenvalue weighted by atomic mass is 16.5. The van der Waals surface area contributed by atoms with Crippen LogP contribution >= 0.6 is 0 Å². The number of nitrogens with zero attached hydrogens (tertiary/aromatic N) is 2. The second kappa shape index (κ2) is 9.14. The van der Waals surface area contributed by atoms with Crippen LogP contribution in [0.25, 0.3) is 5.57 Å². The standard InChI is InChI=1S/C24H38N2O/c1-5-14-25-15-17-26(18-16-25)23-19-21(27-4)8-9-22(23)20-10-12-24(6-2,7-3)13-11-20/h8-10,19H,5-7,11-18H2,1-4H3. The van der Waals surface area contributed by atoms with Crippen LogP contribution in [0.4, 0.5) is 5.69 Å². The van der Waals surface area contributed by atoms with Crippen LogP contribution in [0.2, 0.25) is 0 Å². The number of ether oxygens (including phenoxy) is 1. The first kappa shape index (κ1) is 20.3. The molecule has 0 bridgehead atoms. The molecule has 2 aliphatic rings. The predicted molar refractivity (Wildman–Crippen MR) is 117 cm³/mol. The molecule has 0 N–H and O–H groups in total. The molecule has 1 aliphatic heterocycles. The van der Waals surface area contributed by atoms with E-state index in [1.807, 2.05) is 0 Å². The van der Waals surface area contributed by atoms with Crippen molar-refractivity contribution in [2.24, 2.45) is 5.41 Å². The third kappa shape index (κ3) is 4.51. The summed E-state index contributed by atoms with van der Waals surface area (Å²) in [7, 11) is 1.77. The molecule has 0 aromatic heterocycles. The van der Waals surface area contributed by atoms with Crippen LogP contribution in [0.3, 0.4) is 0 Å². The van der Waals surface area contributed by atoms with Crippen LogP contribution in [-0.2, 0) is 0 Å². The summed E-state index contributed by atoms with van der Waals surface area (Å²) in [4.78, 5) is 5.17. The van der Waals surface area contributed by atoms with E-state index in [4.69, 9.17) is 4.74 Å². The van der Waals surface area contributed by atoms with Crippen molar-refractivity contribution in [1.82, 2.24) is 4.90 Å². The van der Waals surface area contributed by atoms with Crippen molar-refractivity contribution in [3.05, 3.63) is 29.8 Å². The summed E-state index contributed by atoms with van der Waals surface area (Å²) in [5.41, 5.74) is 4.88. The van der Waals surface area contributed by atoms with Gasteiger partial charge in [-0.15, -0.1) is 0 Å². The van der Waals surface area contributed by atoms with E-state index in [9.17, 15) is 0 Å². The van der Waals surface area contributed by atoms with Gasteiger partial charge < -0.3 is 9.64 Å². The van der Waals surface area contributed by atoms with Crippen LogP contribution < -0.4 is 9.64 Å². The van der Waals surface area contributed by atoms with Crippen molar-refractivity contribution in [1.29, 1.82) is 0 Å².